The Bertz CT molecular complexity index is 550. The lowest BCUT2D eigenvalue weighted by molar-refractivity contribution is 0.387. The van der Waals surface area contributed by atoms with Gasteiger partial charge in [-0.3, -0.25) is 0 Å². The summed E-state index contributed by atoms with van der Waals surface area (Å²) in [6.07, 6.45) is 6.47. The average Bonchev–Trinajstić information content (AvgIpc) is 3.07. The minimum atomic E-state index is 0.563. The quantitative estimate of drug-likeness (QED) is 0.849. The second kappa shape index (κ2) is 6.53. The summed E-state index contributed by atoms with van der Waals surface area (Å²) in [7, 11) is 0. The van der Waals surface area contributed by atoms with E-state index in [1.54, 1.807) is 23.1 Å². The van der Waals surface area contributed by atoms with Gasteiger partial charge in [-0.05, 0) is 19.8 Å². The first kappa shape index (κ1) is 13.8. The maximum atomic E-state index is 5.07. The summed E-state index contributed by atoms with van der Waals surface area (Å²) in [6, 6.07) is 0.563. The zero-order valence-electron chi connectivity index (χ0n) is 11.3. The third-order valence-corrected chi connectivity index (χ3v) is 5.20. The Labute approximate surface area is 125 Å². The van der Waals surface area contributed by atoms with E-state index < -0.39 is 0 Å². The van der Waals surface area contributed by atoms with Crippen molar-refractivity contribution in [2.75, 3.05) is 5.32 Å². The molecule has 8 heteroatoms. The molecule has 108 valence electrons. The second-order valence-corrected chi connectivity index (χ2v) is 7.08. The van der Waals surface area contributed by atoms with E-state index in [0.717, 1.165) is 9.47 Å². The fourth-order valence-corrected chi connectivity index (χ4v) is 3.94. The highest BCUT2D eigenvalue weighted by atomic mass is 32.2. The van der Waals surface area contributed by atoms with Gasteiger partial charge in [0.2, 0.25) is 11.0 Å². The highest BCUT2D eigenvalue weighted by Gasteiger charge is 2.15. The van der Waals surface area contributed by atoms with Gasteiger partial charge in [0.05, 0.1) is 5.75 Å². The third kappa shape index (κ3) is 3.69. The standard InChI is InChI=1S/C12H17N5OS2/c1-8-13-10(18-17-8)7-19-12-16-15-11(20-12)14-9-5-3-2-4-6-9/h9H,2-7H2,1H3,(H,14,15). The van der Waals surface area contributed by atoms with Crippen molar-refractivity contribution in [2.45, 2.75) is 55.2 Å². The van der Waals surface area contributed by atoms with Crippen LogP contribution < -0.4 is 5.32 Å². The van der Waals surface area contributed by atoms with Crippen LogP contribution in [0.25, 0.3) is 0 Å². The topological polar surface area (TPSA) is 76.7 Å². The van der Waals surface area contributed by atoms with Gasteiger partial charge in [0.25, 0.3) is 0 Å². The van der Waals surface area contributed by atoms with Crippen LogP contribution in [-0.2, 0) is 5.75 Å². The molecule has 2 aromatic heterocycles. The molecule has 0 aliphatic heterocycles. The summed E-state index contributed by atoms with van der Waals surface area (Å²) < 4.78 is 6.00. The van der Waals surface area contributed by atoms with E-state index in [1.807, 2.05) is 6.92 Å². The van der Waals surface area contributed by atoms with Crippen LogP contribution in [0.4, 0.5) is 5.13 Å². The third-order valence-electron chi connectivity index (χ3n) is 3.23. The van der Waals surface area contributed by atoms with Gasteiger partial charge in [0.15, 0.2) is 10.2 Å². The molecule has 0 atom stereocenters. The van der Waals surface area contributed by atoms with Crippen molar-refractivity contribution < 1.29 is 4.52 Å². The van der Waals surface area contributed by atoms with Crippen LogP contribution in [0.2, 0.25) is 0 Å². The normalized spacial score (nSPS) is 16.4. The predicted octanol–water partition coefficient (Wildman–Crippen LogP) is 3.27. The summed E-state index contributed by atoms with van der Waals surface area (Å²) in [5.41, 5.74) is 0. The van der Waals surface area contributed by atoms with Crippen molar-refractivity contribution in [3.63, 3.8) is 0 Å². The Morgan fingerprint density at radius 2 is 2.15 bits per heavy atom. The molecular formula is C12H17N5OS2. The smallest absolute Gasteiger partial charge is 0.237 e. The summed E-state index contributed by atoms with van der Waals surface area (Å²) in [5.74, 6) is 1.93. The van der Waals surface area contributed by atoms with Gasteiger partial charge in [-0.25, -0.2) is 0 Å². The van der Waals surface area contributed by atoms with Gasteiger partial charge >= 0.3 is 0 Å². The molecule has 1 N–H and O–H groups in total. The second-order valence-electron chi connectivity index (χ2n) is 4.88. The first-order valence-electron chi connectivity index (χ1n) is 6.81. The van der Waals surface area contributed by atoms with Crippen molar-refractivity contribution in [2.24, 2.45) is 0 Å². The van der Waals surface area contributed by atoms with Crippen LogP contribution in [0.1, 0.15) is 43.8 Å². The fourth-order valence-electron chi connectivity index (χ4n) is 2.27. The van der Waals surface area contributed by atoms with Gasteiger partial charge < -0.3 is 9.84 Å². The Balaban J connectivity index is 1.51. The lowest BCUT2D eigenvalue weighted by Crippen LogP contribution is -2.21. The number of thioether (sulfide) groups is 1. The summed E-state index contributed by atoms with van der Waals surface area (Å²) in [4.78, 5) is 4.17. The Hall–Kier alpha value is -1.15. The average molecular weight is 311 g/mol. The van der Waals surface area contributed by atoms with E-state index >= 15 is 0 Å². The minimum Gasteiger partial charge on any atom is -0.357 e. The first-order valence-corrected chi connectivity index (χ1v) is 8.62. The summed E-state index contributed by atoms with van der Waals surface area (Å²) >= 11 is 3.17. The van der Waals surface area contributed by atoms with E-state index in [2.05, 4.69) is 25.7 Å². The number of anilines is 1. The van der Waals surface area contributed by atoms with Crippen molar-refractivity contribution in [1.29, 1.82) is 0 Å². The lowest BCUT2D eigenvalue weighted by Gasteiger charge is -2.21. The number of nitrogens with zero attached hydrogens (tertiary/aromatic N) is 4. The maximum Gasteiger partial charge on any atom is 0.237 e. The Kier molecular flexibility index (Phi) is 4.51. The monoisotopic (exact) mass is 311 g/mol. The molecule has 0 radical (unpaired) electrons. The molecule has 0 amide bonds. The van der Waals surface area contributed by atoms with Crippen LogP contribution in [0.5, 0.6) is 0 Å². The van der Waals surface area contributed by atoms with Crippen molar-refractivity contribution in [1.82, 2.24) is 20.3 Å². The number of aryl methyl sites for hydroxylation is 1. The molecule has 1 saturated carbocycles. The molecule has 1 aliphatic rings. The highest BCUT2D eigenvalue weighted by Crippen LogP contribution is 2.29. The summed E-state index contributed by atoms with van der Waals surface area (Å²) in [5, 5.41) is 16.5. The van der Waals surface area contributed by atoms with Gasteiger partial charge in [-0.15, -0.1) is 10.2 Å². The molecule has 1 fully saturated rings. The number of hydrogen-bond acceptors (Lipinski definition) is 8. The van der Waals surface area contributed by atoms with Gasteiger partial charge in [0.1, 0.15) is 0 Å². The summed E-state index contributed by atoms with van der Waals surface area (Å²) in [6.45, 7) is 1.81. The van der Waals surface area contributed by atoms with E-state index in [9.17, 15) is 0 Å². The van der Waals surface area contributed by atoms with Gasteiger partial charge in [0, 0.05) is 6.04 Å². The highest BCUT2D eigenvalue weighted by molar-refractivity contribution is 8.00. The molecule has 0 aromatic carbocycles. The molecule has 2 aromatic rings. The number of nitrogens with one attached hydrogen (secondary N) is 1. The molecule has 0 saturated heterocycles. The van der Waals surface area contributed by atoms with Gasteiger partial charge in [-0.2, -0.15) is 4.98 Å². The van der Waals surface area contributed by atoms with Crippen LogP contribution in [0.3, 0.4) is 0 Å². The molecule has 20 heavy (non-hydrogen) atoms. The first-order chi connectivity index (χ1) is 9.79. The molecule has 0 unspecified atom stereocenters. The van der Waals surface area contributed by atoms with Crippen molar-refractivity contribution in [3.8, 4) is 0 Å². The zero-order valence-corrected chi connectivity index (χ0v) is 13.0. The number of hydrogen-bond donors (Lipinski definition) is 1. The molecule has 3 rings (SSSR count). The van der Waals surface area contributed by atoms with Crippen molar-refractivity contribution in [3.05, 3.63) is 11.7 Å². The van der Waals surface area contributed by atoms with Crippen molar-refractivity contribution >= 4 is 28.2 Å². The predicted molar refractivity (Wildman–Crippen MR) is 79.0 cm³/mol. The zero-order chi connectivity index (χ0) is 13.8. The van der Waals surface area contributed by atoms with Crippen LogP contribution >= 0.6 is 23.1 Å². The maximum absolute atomic E-state index is 5.07. The lowest BCUT2D eigenvalue weighted by atomic mass is 9.96. The van der Waals surface area contributed by atoms with E-state index in [-0.39, 0.29) is 0 Å². The molecule has 6 nitrogen and oxygen atoms in total. The SMILES string of the molecule is Cc1noc(CSc2nnc(NC3CCCCC3)s2)n1. The Morgan fingerprint density at radius 1 is 1.30 bits per heavy atom. The minimum absolute atomic E-state index is 0.563. The molecule has 0 bridgehead atoms. The van der Waals surface area contributed by atoms with E-state index in [0.29, 0.717) is 23.5 Å². The van der Waals surface area contributed by atoms with Crippen LogP contribution in [0.15, 0.2) is 8.86 Å². The van der Waals surface area contributed by atoms with E-state index in [1.165, 1.54) is 32.1 Å². The Morgan fingerprint density at radius 3 is 2.90 bits per heavy atom. The number of rotatable bonds is 5. The fraction of sp³-hybridized carbons (Fsp3) is 0.667. The molecule has 0 spiro atoms. The molecule has 2 heterocycles. The molecule has 1 aliphatic carbocycles. The van der Waals surface area contributed by atoms with E-state index in [4.69, 9.17) is 4.52 Å². The van der Waals surface area contributed by atoms with Crippen LogP contribution in [-0.4, -0.2) is 26.4 Å². The number of aromatic nitrogens is 4. The van der Waals surface area contributed by atoms with Crippen LogP contribution in [0, 0.1) is 6.92 Å². The van der Waals surface area contributed by atoms with Gasteiger partial charge in [-0.1, -0.05) is 47.5 Å². The molecular weight excluding hydrogens is 294 g/mol. The largest absolute Gasteiger partial charge is 0.357 e.